The normalized spacial score (nSPS) is 22.9. The second kappa shape index (κ2) is 2.79. The number of ketones is 2. The number of carbonyl (C=O) groups is 2. The molecule has 1 aliphatic carbocycles. The molecule has 0 saturated carbocycles. The molecule has 3 rings (SSSR count). The number of ether oxygens (including phenoxy) is 1. The summed E-state index contributed by atoms with van der Waals surface area (Å²) in [7, 11) is 0. The Morgan fingerprint density at radius 1 is 1.20 bits per heavy atom. The summed E-state index contributed by atoms with van der Waals surface area (Å²) in [5.74, 6) is 0.140. The number of para-hydroxylation sites is 1. The number of carbonyl (C=O) groups excluding carboxylic acids is 2. The lowest BCUT2D eigenvalue weighted by molar-refractivity contribution is -0.137. The zero-order valence-electron chi connectivity index (χ0n) is 7.90. The molecule has 0 amide bonds. The molecule has 3 nitrogen and oxygen atoms in total. The van der Waals surface area contributed by atoms with Crippen LogP contribution in [0.25, 0.3) is 0 Å². The first-order valence-electron chi connectivity index (χ1n) is 4.81. The van der Waals surface area contributed by atoms with E-state index in [9.17, 15) is 9.59 Å². The summed E-state index contributed by atoms with van der Waals surface area (Å²) < 4.78 is 5.52. The van der Waals surface area contributed by atoms with Crippen molar-refractivity contribution in [3.63, 3.8) is 0 Å². The third kappa shape index (κ3) is 1.06. The number of fused-ring (bicyclic) bond motifs is 3. The summed E-state index contributed by atoms with van der Waals surface area (Å²) in [4.78, 5) is 23.0. The van der Waals surface area contributed by atoms with Crippen molar-refractivity contribution in [2.45, 2.75) is 12.3 Å². The molecule has 0 radical (unpaired) electrons. The molecule has 2 aliphatic rings. The van der Waals surface area contributed by atoms with Crippen LogP contribution >= 0.6 is 0 Å². The predicted molar refractivity (Wildman–Crippen MR) is 52.5 cm³/mol. The maximum Gasteiger partial charge on any atom is 0.213 e. The van der Waals surface area contributed by atoms with Gasteiger partial charge >= 0.3 is 0 Å². The van der Waals surface area contributed by atoms with E-state index < -0.39 is 5.92 Å². The highest BCUT2D eigenvalue weighted by molar-refractivity contribution is 6.41. The van der Waals surface area contributed by atoms with Crippen LogP contribution < -0.4 is 4.74 Å². The number of benzene rings is 1. The number of rotatable bonds is 0. The van der Waals surface area contributed by atoms with E-state index in [0.29, 0.717) is 11.5 Å². The Morgan fingerprint density at radius 2 is 2.00 bits per heavy atom. The lowest BCUT2D eigenvalue weighted by Gasteiger charge is -2.12. The first kappa shape index (κ1) is 8.41. The van der Waals surface area contributed by atoms with Gasteiger partial charge in [0.15, 0.2) is 0 Å². The van der Waals surface area contributed by atoms with Crippen LogP contribution in [0.5, 0.6) is 5.75 Å². The van der Waals surface area contributed by atoms with Crippen molar-refractivity contribution in [3.05, 3.63) is 41.7 Å². The van der Waals surface area contributed by atoms with E-state index in [2.05, 4.69) is 0 Å². The van der Waals surface area contributed by atoms with Crippen LogP contribution in [0, 0.1) is 0 Å². The molecular formula is C12H8O3. The topological polar surface area (TPSA) is 43.4 Å². The van der Waals surface area contributed by atoms with Gasteiger partial charge in [-0.05, 0) is 12.1 Å². The number of Topliss-reactive ketones (excluding diaryl/α,β-unsaturated/α-hetero) is 2. The molecule has 1 aliphatic heterocycles. The Hall–Kier alpha value is -1.90. The minimum absolute atomic E-state index is 0.165. The van der Waals surface area contributed by atoms with Crippen molar-refractivity contribution in [1.82, 2.24) is 0 Å². The van der Waals surface area contributed by atoms with Crippen molar-refractivity contribution >= 4 is 11.6 Å². The monoisotopic (exact) mass is 200 g/mol. The summed E-state index contributed by atoms with van der Waals surface area (Å²) in [6.45, 7) is 0. The van der Waals surface area contributed by atoms with Crippen molar-refractivity contribution in [1.29, 1.82) is 0 Å². The average molecular weight is 200 g/mol. The van der Waals surface area contributed by atoms with Gasteiger partial charge in [0.2, 0.25) is 11.6 Å². The van der Waals surface area contributed by atoms with Crippen LogP contribution in [0.2, 0.25) is 0 Å². The van der Waals surface area contributed by atoms with Crippen LogP contribution in [0.1, 0.15) is 17.9 Å². The van der Waals surface area contributed by atoms with Gasteiger partial charge in [-0.2, -0.15) is 0 Å². The fourth-order valence-electron chi connectivity index (χ4n) is 2.04. The van der Waals surface area contributed by atoms with Gasteiger partial charge in [0, 0.05) is 12.0 Å². The third-order valence-electron chi connectivity index (χ3n) is 2.77. The second-order valence-corrected chi connectivity index (χ2v) is 3.67. The van der Waals surface area contributed by atoms with E-state index in [4.69, 9.17) is 4.74 Å². The summed E-state index contributed by atoms with van der Waals surface area (Å²) in [6, 6.07) is 7.34. The van der Waals surface area contributed by atoms with Gasteiger partial charge in [-0.3, -0.25) is 9.59 Å². The molecule has 3 heteroatoms. The molecule has 0 bridgehead atoms. The summed E-state index contributed by atoms with van der Waals surface area (Å²) in [6.07, 6.45) is 1.87. The minimum Gasteiger partial charge on any atom is -0.461 e. The number of hydrogen-bond acceptors (Lipinski definition) is 3. The minimum atomic E-state index is -0.484. The van der Waals surface area contributed by atoms with E-state index >= 15 is 0 Å². The number of allylic oxidation sites excluding steroid dienone is 2. The molecule has 0 spiro atoms. The lowest BCUT2D eigenvalue weighted by Crippen LogP contribution is -2.25. The van der Waals surface area contributed by atoms with Crippen molar-refractivity contribution < 1.29 is 14.3 Å². The summed E-state index contributed by atoms with van der Waals surface area (Å²) in [5, 5.41) is 0. The van der Waals surface area contributed by atoms with E-state index in [-0.39, 0.29) is 18.0 Å². The van der Waals surface area contributed by atoms with E-state index in [0.717, 1.165) is 5.56 Å². The molecule has 1 heterocycles. The zero-order valence-corrected chi connectivity index (χ0v) is 7.90. The zero-order chi connectivity index (χ0) is 10.4. The Balaban J connectivity index is 2.18. The molecule has 0 fully saturated rings. The first-order chi connectivity index (χ1) is 7.27. The van der Waals surface area contributed by atoms with Gasteiger partial charge in [0.25, 0.3) is 0 Å². The molecule has 0 saturated heterocycles. The van der Waals surface area contributed by atoms with Gasteiger partial charge in [0.05, 0.1) is 0 Å². The van der Waals surface area contributed by atoms with E-state index in [1.165, 1.54) is 0 Å². The predicted octanol–water partition coefficient (Wildman–Crippen LogP) is 1.59. The van der Waals surface area contributed by atoms with E-state index in [1.807, 2.05) is 24.3 Å². The third-order valence-corrected chi connectivity index (χ3v) is 2.77. The molecule has 1 aromatic rings. The maximum atomic E-state index is 11.7. The Labute approximate surface area is 86.4 Å². The summed E-state index contributed by atoms with van der Waals surface area (Å²) in [5.41, 5.74) is 0.807. The molecule has 74 valence electrons. The number of hydrogen-bond donors (Lipinski definition) is 0. The SMILES string of the molecule is O=C1CC=C2Oc3ccccc3C2C1=O. The van der Waals surface area contributed by atoms with Gasteiger partial charge < -0.3 is 4.74 Å². The Bertz CT molecular complexity index is 499. The van der Waals surface area contributed by atoms with Crippen LogP contribution in [-0.2, 0) is 9.59 Å². The summed E-state index contributed by atoms with van der Waals surface area (Å²) >= 11 is 0. The van der Waals surface area contributed by atoms with Crippen LogP contribution in [0.15, 0.2) is 36.1 Å². The largest absolute Gasteiger partial charge is 0.461 e. The molecule has 0 N–H and O–H groups in total. The molecular weight excluding hydrogens is 192 g/mol. The lowest BCUT2D eigenvalue weighted by atomic mass is 9.87. The first-order valence-corrected chi connectivity index (χ1v) is 4.81. The van der Waals surface area contributed by atoms with Crippen molar-refractivity contribution in [2.24, 2.45) is 0 Å². The second-order valence-electron chi connectivity index (χ2n) is 3.67. The smallest absolute Gasteiger partial charge is 0.213 e. The fourth-order valence-corrected chi connectivity index (χ4v) is 2.04. The standard InChI is InChI=1S/C12H8O3/c13-8-5-6-10-11(12(8)14)7-3-1-2-4-9(7)15-10/h1-4,6,11H,5H2. The van der Waals surface area contributed by atoms with Crippen LogP contribution in [0.4, 0.5) is 0 Å². The van der Waals surface area contributed by atoms with Gasteiger partial charge in [-0.15, -0.1) is 0 Å². The molecule has 1 unspecified atom stereocenters. The Morgan fingerprint density at radius 3 is 2.87 bits per heavy atom. The van der Waals surface area contributed by atoms with Crippen LogP contribution in [0.3, 0.4) is 0 Å². The molecule has 1 aromatic carbocycles. The molecule has 0 aromatic heterocycles. The van der Waals surface area contributed by atoms with Crippen LogP contribution in [-0.4, -0.2) is 11.6 Å². The maximum absolute atomic E-state index is 11.7. The highest BCUT2D eigenvalue weighted by Gasteiger charge is 2.40. The average Bonchev–Trinajstić information content (AvgIpc) is 2.62. The van der Waals surface area contributed by atoms with Crippen molar-refractivity contribution in [2.75, 3.05) is 0 Å². The molecule has 1 atom stereocenters. The van der Waals surface area contributed by atoms with Gasteiger partial charge in [-0.1, -0.05) is 18.2 Å². The fraction of sp³-hybridized carbons (Fsp3) is 0.167. The molecule has 15 heavy (non-hydrogen) atoms. The highest BCUT2D eigenvalue weighted by Crippen LogP contribution is 2.42. The van der Waals surface area contributed by atoms with Gasteiger partial charge in [0.1, 0.15) is 17.4 Å². The highest BCUT2D eigenvalue weighted by atomic mass is 16.5. The van der Waals surface area contributed by atoms with Gasteiger partial charge in [-0.25, -0.2) is 0 Å². The van der Waals surface area contributed by atoms with Crippen molar-refractivity contribution in [3.8, 4) is 5.75 Å². The quantitative estimate of drug-likeness (QED) is 0.597. The Kier molecular flexibility index (Phi) is 1.57. The van der Waals surface area contributed by atoms with E-state index in [1.54, 1.807) is 6.08 Å².